The summed E-state index contributed by atoms with van der Waals surface area (Å²) in [7, 11) is 1.69. The molecule has 100 valence electrons. The number of primary amides is 1. The zero-order valence-corrected chi connectivity index (χ0v) is 11.7. The van der Waals surface area contributed by atoms with E-state index < -0.39 is 0 Å². The number of methoxy groups -OCH3 is 1. The second kappa shape index (κ2) is 5.89. The van der Waals surface area contributed by atoms with Gasteiger partial charge in [0.2, 0.25) is 5.91 Å². The number of benzene rings is 1. The molecule has 1 rings (SSSR count). The lowest BCUT2D eigenvalue weighted by Gasteiger charge is -2.23. The minimum absolute atomic E-state index is 0.0467. The smallest absolute Gasteiger partial charge is 0.217 e. The molecule has 3 nitrogen and oxygen atoms in total. The molecule has 0 atom stereocenters. The average Bonchev–Trinajstić information content (AvgIpc) is 2.27. The van der Waals surface area contributed by atoms with Crippen LogP contribution in [-0.4, -0.2) is 13.0 Å². The highest BCUT2D eigenvalue weighted by Gasteiger charge is 2.19. The van der Waals surface area contributed by atoms with Gasteiger partial charge < -0.3 is 10.5 Å². The monoisotopic (exact) mass is 249 g/mol. The molecular formula is C15H23NO2. The summed E-state index contributed by atoms with van der Waals surface area (Å²) in [6.07, 6.45) is 2.11. The Morgan fingerprint density at radius 1 is 1.33 bits per heavy atom. The lowest BCUT2D eigenvalue weighted by molar-refractivity contribution is -0.118. The summed E-state index contributed by atoms with van der Waals surface area (Å²) in [4.78, 5) is 10.7. The SMILES string of the molecule is COc1ccc(CCCC(N)=O)cc1C(C)(C)C. The van der Waals surface area contributed by atoms with Crippen LogP contribution in [0.1, 0.15) is 44.7 Å². The number of hydrogen-bond donors (Lipinski definition) is 1. The first kappa shape index (κ1) is 14.6. The zero-order chi connectivity index (χ0) is 13.8. The van der Waals surface area contributed by atoms with Gasteiger partial charge in [-0.1, -0.05) is 32.9 Å². The largest absolute Gasteiger partial charge is 0.496 e. The van der Waals surface area contributed by atoms with Gasteiger partial charge in [0, 0.05) is 6.42 Å². The van der Waals surface area contributed by atoms with E-state index in [-0.39, 0.29) is 11.3 Å². The number of amides is 1. The number of rotatable bonds is 5. The molecule has 0 bridgehead atoms. The first-order valence-electron chi connectivity index (χ1n) is 6.30. The summed E-state index contributed by atoms with van der Waals surface area (Å²) < 4.78 is 5.40. The standard InChI is InChI=1S/C15H23NO2/c1-15(2,3)12-10-11(6-5-7-14(16)17)8-9-13(12)18-4/h8-10H,5-7H2,1-4H3,(H2,16,17). The fourth-order valence-electron chi connectivity index (χ4n) is 1.96. The van der Waals surface area contributed by atoms with Crippen molar-refractivity contribution >= 4 is 5.91 Å². The fourth-order valence-corrected chi connectivity index (χ4v) is 1.96. The Hall–Kier alpha value is -1.51. The fraction of sp³-hybridized carbons (Fsp3) is 0.533. The molecule has 0 saturated carbocycles. The first-order valence-corrected chi connectivity index (χ1v) is 6.30. The summed E-state index contributed by atoms with van der Waals surface area (Å²) >= 11 is 0. The minimum Gasteiger partial charge on any atom is -0.496 e. The Balaban J connectivity index is 2.86. The van der Waals surface area contributed by atoms with Crippen LogP contribution in [0.2, 0.25) is 0 Å². The summed E-state index contributed by atoms with van der Waals surface area (Å²) in [5.41, 5.74) is 7.61. The second-order valence-corrected chi connectivity index (χ2v) is 5.60. The van der Waals surface area contributed by atoms with Gasteiger partial charge in [-0.2, -0.15) is 0 Å². The Morgan fingerprint density at radius 3 is 2.50 bits per heavy atom. The number of carbonyl (C=O) groups is 1. The predicted molar refractivity (Wildman–Crippen MR) is 73.8 cm³/mol. The third kappa shape index (κ3) is 4.06. The Kier molecular flexibility index (Phi) is 4.76. The van der Waals surface area contributed by atoms with Crippen molar-refractivity contribution in [1.82, 2.24) is 0 Å². The molecule has 0 unspecified atom stereocenters. The topological polar surface area (TPSA) is 52.3 Å². The van der Waals surface area contributed by atoms with Crippen LogP contribution in [0, 0.1) is 0 Å². The van der Waals surface area contributed by atoms with Crippen molar-refractivity contribution in [2.75, 3.05) is 7.11 Å². The third-order valence-electron chi connectivity index (χ3n) is 2.96. The zero-order valence-electron chi connectivity index (χ0n) is 11.7. The minimum atomic E-state index is -0.237. The number of ether oxygens (including phenoxy) is 1. The molecule has 0 aliphatic carbocycles. The first-order chi connectivity index (χ1) is 8.34. The predicted octanol–water partition coefficient (Wildman–Crippen LogP) is 2.80. The van der Waals surface area contributed by atoms with E-state index in [0.717, 1.165) is 18.6 Å². The molecule has 0 fully saturated rings. The van der Waals surface area contributed by atoms with E-state index in [4.69, 9.17) is 10.5 Å². The number of nitrogens with two attached hydrogens (primary N) is 1. The van der Waals surface area contributed by atoms with E-state index >= 15 is 0 Å². The molecule has 0 radical (unpaired) electrons. The average molecular weight is 249 g/mol. The van der Waals surface area contributed by atoms with E-state index in [0.29, 0.717) is 6.42 Å². The molecule has 0 saturated heterocycles. The van der Waals surface area contributed by atoms with Crippen LogP contribution in [0.25, 0.3) is 0 Å². The number of carbonyl (C=O) groups excluding carboxylic acids is 1. The molecule has 1 amide bonds. The van der Waals surface area contributed by atoms with E-state index in [1.165, 1.54) is 11.1 Å². The summed E-state index contributed by atoms with van der Waals surface area (Å²) in [6, 6.07) is 6.22. The molecule has 18 heavy (non-hydrogen) atoms. The Bertz CT molecular complexity index is 419. The van der Waals surface area contributed by atoms with Crippen molar-refractivity contribution in [3.63, 3.8) is 0 Å². The summed E-state index contributed by atoms with van der Waals surface area (Å²) in [5.74, 6) is 0.681. The molecule has 0 aliphatic heterocycles. The van der Waals surface area contributed by atoms with Gasteiger partial charge in [0.1, 0.15) is 5.75 Å². The molecule has 1 aromatic rings. The summed E-state index contributed by atoms with van der Waals surface area (Å²) in [5, 5.41) is 0. The van der Waals surface area contributed by atoms with E-state index in [2.05, 4.69) is 32.9 Å². The van der Waals surface area contributed by atoms with Gasteiger partial charge in [-0.3, -0.25) is 4.79 Å². The van der Waals surface area contributed by atoms with E-state index in [9.17, 15) is 4.79 Å². The van der Waals surface area contributed by atoms with E-state index in [1.807, 2.05) is 6.07 Å². The van der Waals surface area contributed by atoms with Crippen molar-refractivity contribution in [2.45, 2.75) is 45.4 Å². The van der Waals surface area contributed by atoms with Gasteiger partial charge in [-0.15, -0.1) is 0 Å². The highest BCUT2D eigenvalue weighted by molar-refractivity contribution is 5.73. The van der Waals surface area contributed by atoms with Gasteiger partial charge in [-0.05, 0) is 35.4 Å². The van der Waals surface area contributed by atoms with Gasteiger partial charge in [0.15, 0.2) is 0 Å². The quantitative estimate of drug-likeness (QED) is 0.872. The summed E-state index contributed by atoms with van der Waals surface area (Å²) in [6.45, 7) is 6.49. The second-order valence-electron chi connectivity index (χ2n) is 5.60. The van der Waals surface area contributed by atoms with Crippen LogP contribution in [0.3, 0.4) is 0 Å². The maximum atomic E-state index is 10.7. The highest BCUT2D eigenvalue weighted by Crippen LogP contribution is 2.32. The molecule has 0 spiro atoms. The lowest BCUT2D eigenvalue weighted by atomic mass is 9.85. The van der Waals surface area contributed by atoms with Crippen LogP contribution in [0.4, 0.5) is 0 Å². The van der Waals surface area contributed by atoms with E-state index in [1.54, 1.807) is 7.11 Å². The van der Waals surface area contributed by atoms with Gasteiger partial charge in [0.05, 0.1) is 7.11 Å². The molecule has 0 aliphatic rings. The Morgan fingerprint density at radius 2 is 2.00 bits per heavy atom. The van der Waals surface area contributed by atoms with Crippen LogP contribution in [0.15, 0.2) is 18.2 Å². The van der Waals surface area contributed by atoms with Gasteiger partial charge >= 0.3 is 0 Å². The highest BCUT2D eigenvalue weighted by atomic mass is 16.5. The van der Waals surface area contributed by atoms with Crippen LogP contribution in [0.5, 0.6) is 5.75 Å². The lowest BCUT2D eigenvalue weighted by Crippen LogP contribution is -2.13. The Labute approximate surface area is 109 Å². The molecule has 0 aromatic heterocycles. The van der Waals surface area contributed by atoms with Gasteiger partial charge in [0.25, 0.3) is 0 Å². The molecule has 2 N–H and O–H groups in total. The van der Waals surface area contributed by atoms with Crippen LogP contribution >= 0.6 is 0 Å². The molecule has 1 aromatic carbocycles. The van der Waals surface area contributed by atoms with Gasteiger partial charge in [-0.25, -0.2) is 0 Å². The normalized spacial score (nSPS) is 11.3. The van der Waals surface area contributed by atoms with Crippen molar-refractivity contribution in [1.29, 1.82) is 0 Å². The number of aryl methyl sites for hydroxylation is 1. The van der Waals surface area contributed by atoms with Crippen molar-refractivity contribution < 1.29 is 9.53 Å². The maximum absolute atomic E-state index is 10.7. The molecular weight excluding hydrogens is 226 g/mol. The van der Waals surface area contributed by atoms with Crippen molar-refractivity contribution in [3.8, 4) is 5.75 Å². The van der Waals surface area contributed by atoms with Crippen LogP contribution in [-0.2, 0) is 16.6 Å². The van der Waals surface area contributed by atoms with Crippen molar-refractivity contribution in [2.24, 2.45) is 5.73 Å². The maximum Gasteiger partial charge on any atom is 0.217 e. The van der Waals surface area contributed by atoms with Crippen molar-refractivity contribution in [3.05, 3.63) is 29.3 Å². The van der Waals surface area contributed by atoms with Crippen LogP contribution < -0.4 is 10.5 Å². The number of hydrogen-bond acceptors (Lipinski definition) is 2. The molecule has 3 heteroatoms. The molecule has 0 heterocycles. The third-order valence-corrected chi connectivity index (χ3v) is 2.96.